The zero-order chi connectivity index (χ0) is 19.7. The molecule has 0 radical (unpaired) electrons. The lowest BCUT2D eigenvalue weighted by atomic mass is 10.1. The maximum atomic E-state index is 13.1. The highest BCUT2D eigenvalue weighted by molar-refractivity contribution is 7.20. The lowest BCUT2D eigenvalue weighted by molar-refractivity contribution is -0.138. The number of nitrogens with zero attached hydrogens (tertiary/aromatic N) is 3. The molecule has 2 aromatic rings. The zero-order valence-corrected chi connectivity index (χ0v) is 16.8. The molecule has 1 N–H and O–H groups in total. The van der Waals surface area contributed by atoms with Gasteiger partial charge in [0.05, 0.1) is 10.3 Å². The van der Waals surface area contributed by atoms with Crippen molar-refractivity contribution in [3.8, 4) is 0 Å². The van der Waals surface area contributed by atoms with Crippen LogP contribution in [0.1, 0.15) is 60.6 Å². The summed E-state index contributed by atoms with van der Waals surface area (Å²) in [7, 11) is 0. The van der Waals surface area contributed by atoms with E-state index >= 15 is 0 Å². The number of carboxylic acid groups (broad SMARTS) is 1. The van der Waals surface area contributed by atoms with Crippen molar-refractivity contribution in [3.63, 3.8) is 0 Å². The number of amides is 1. The molecule has 3 rings (SSSR count). The molecule has 0 bridgehead atoms. The van der Waals surface area contributed by atoms with E-state index in [1.54, 1.807) is 11.5 Å². The lowest BCUT2D eigenvalue weighted by Crippen LogP contribution is -2.41. The van der Waals surface area contributed by atoms with E-state index in [0.717, 1.165) is 31.5 Å². The topological polar surface area (TPSA) is 92.5 Å². The Hall–Kier alpha value is -2.22. The van der Waals surface area contributed by atoms with Crippen molar-refractivity contribution in [2.45, 2.75) is 65.5 Å². The second-order valence-electron chi connectivity index (χ2n) is 7.12. The van der Waals surface area contributed by atoms with Crippen molar-refractivity contribution in [2.75, 3.05) is 6.54 Å². The van der Waals surface area contributed by atoms with Crippen molar-refractivity contribution < 1.29 is 14.7 Å². The van der Waals surface area contributed by atoms with E-state index in [2.05, 4.69) is 4.98 Å². The molecule has 1 aliphatic rings. The highest BCUT2D eigenvalue weighted by atomic mass is 32.1. The van der Waals surface area contributed by atoms with Gasteiger partial charge in [0.2, 0.25) is 0 Å². The van der Waals surface area contributed by atoms with Gasteiger partial charge in [-0.15, -0.1) is 11.3 Å². The van der Waals surface area contributed by atoms with Crippen molar-refractivity contribution in [3.05, 3.63) is 26.6 Å². The van der Waals surface area contributed by atoms with Gasteiger partial charge in [-0.1, -0.05) is 13.3 Å². The summed E-state index contributed by atoms with van der Waals surface area (Å²) in [6.07, 6.45) is 4.46. The van der Waals surface area contributed by atoms with E-state index in [1.807, 2.05) is 13.8 Å². The molecule has 0 saturated carbocycles. The van der Waals surface area contributed by atoms with E-state index in [-0.39, 0.29) is 24.1 Å². The van der Waals surface area contributed by atoms with Gasteiger partial charge in [0.1, 0.15) is 17.2 Å². The average Bonchev–Trinajstić information content (AvgIpc) is 2.81. The predicted molar refractivity (Wildman–Crippen MR) is 105 cm³/mol. The summed E-state index contributed by atoms with van der Waals surface area (Å²) >= 11 is 1.20. The molecule has 1 atom stereocenters. The van der Waals surface area contributed by atoms with Crippen LogP contribution in [0.3, 0.4) is 0 Å². The summed E-state index contributed by atoms with van der Waals surface area (Å²) in [6, 6.07) is -0.205. The first-order chi connectivity index (χ1) is 12.8. The minimum absolute atomic E-state index is 0.0852. The maximum Gasteiger partial charge on any atom is 0.323 e. The van der Waals surface area contributed by atoms with Crippen LogP contribution in [-0.4, -0.2) is 44.0 Å². The van der Waals surface area contributed by atoms with Crippen molar-refractivity contribution in [1.29, 1.82) is 0 Å². The van der Waals surface area contributed by atoms with Crippen LogP contribution in [0.15, 0.2) is 4.79 Å². The molecule has 8 heteroatoms. The third-order valence-electron chi connectivity index (χ3n) is 5.30. The molecule has 0 fully saturated rings. The maximum absolute atomic E-state index is 13.1. The molecular formula is C19H25N3O4S. The highest BCUT2D eigenvalue weighted by Gasteiger charge is 2.28. The number of hydrogen-bond acceptors (Lipinski definition) is 5. The first-order valence-electron chi connectivity index (χ1n) is 9.40. The van der Waals surface area contributed by atoms with Gasteiger partial charge in [-0.3, -0.25) is 19.0 Å². The van der Waals surface area contributed by atoms with E-state index in [9.17, 15) is 19.5 Å². The summed E-state index contributed by atoms with van der Waals surface area (Å²) in [6.45, 7) is 5.81. The van der Waals surface area contributed by atoms with Gasteiger partial charge in [0, 0.05) is 19.0 Å². The second-order valence-corrected chi connectivity index (χ2v) is 8.11. The number of rotatable bonds is 5. The third kappa shape index (κ3) is 3.63. The average molecular weight is 391 g/mol. The molecule has 146 valence electrons. The number of aryl methyl sites for hydroxylation is 2. The Morgan fingerprint density at radius 2 is 2.07 bits per heavy atom. The van der Waals surface area contributed by atoms with Crippen LogP contribution in [0, 0.1) is 6.92 Å². The van der Waals surface area contributed by atoms with Crippen LogP contribution in [0.4, 0.5) is 0 Å². The standard InChI is InChI=1S/C19H25N3O4S/c1-4-11(2)22(10-14(23)24)19(26)16-12(3)15-17(27-16)20-13-8-6-5-7-9-21(13)18(15)25/h11H,4-10H2,1-3H3,(H,23,24). The Bertz CT molecular complexity index is 947. The molecular weight excluding hydrogens is 366 g/mol. The van der Waals surface area contributed by atoms with Gasteiger partial charge < -0.3 is 10.0 Å². The number of carbonyl (C=O) groups is 2. The van der Waals surface area contributed by atoms with Crippen LogP contribution in [0.25, 0.3) is 10.2 Å². The van der Waals surface area contributed by atoms with E-state index in [4.69, 9.17) is 0 Å². The fourth-order valence-corrected chi connectivity index (χ4v) is 4.68. The Kier molecular flexibility index (Phi) is 5.64. The van der Waals surface area contributed by atoms with Crippen LogP contribution >= 0.6 is 11.3 Å². The predicted octanol–water partition coefficient (Wildman–Crippen LogP) is 2.82. The fraction of sp³-hybridized carbons (Fsp3) is 0.579. The molecule has 1 amide bonds. The smallest absolute Gasteiger partial charge is 0.323 e. The van der Waals surface area contributed by atoms with Crippen molar-refractivity contribution >= 4 is 33.4 Å². The van der Waals surface area contributed by atoms with Gasteiger partial charge in [-0.25, -0.2) is 4.98 Å². The Balaban J connectivity index is 2.11. The quantitative estimate of drug-likeness (QED) is 0.846. The number of thiophene rings is 1. The number of aromatic nitrogens is 2. The number of aliphatic carboxylic acids is 1. The molecule has 1 unspecified atom stereocenters. The summed E-state index contributed by atoms with van der Waals surface area (Å²) in [5.74, 6) is -0.603. The summed E-state index contributed by atoms with van der Waals surface area (Å²) in [4.78, 5) is 44.4. The van der Waals surface area contributed by atoms with Gasteiger partial charge in [0.15, 0.2) is 0 Å². The largest absolute Gasteiger partial charge is 0.480 e. The number of carboxylic acids is 1. The molecule has 0 aliphatic carbocycles. The van der Waals surface area contributed by atoms with Crippen LogP contribution < -0.4 is 5.56 Å². The molecule has 0 aromatic carbocycles. The van der Waals surface area contributed by atoms with Gasteiger partial charge in [-0.2, -0.15) is 0 Å². The van der Waals surface area contributed by atoms with Crippen LogP contribution in [-0.2, 0) is 17.8 Å². The fourth-order valence-electron chi connectivity index (χ4n) is 3.54. The second kappa shape index (κ2) is 7.80. The lowest BCUT2D eigenvalue weighted by Gasteiger charge is -2.26. The molecule has 3 heterocycles. The molecule has 7 nitrogen and oxygen atoms in total. The Morgan fingerprint density at radius 3 is 2.74 bits per heavy atom. The molecule has 0 spiro atoms. The summed E-state index contributed by atoms with van der Waals surface area (Å²) in [5.41, 5.74) is 0.522. The van der Waals surface area contributed by atoms with Crippen LogP contribution in [0.5, 0.6) is 0 Å². The van der Waals surface area contributed by atoms with Crippen molar-refractivity contribution in [1.82, 2.24) is 14.5 Å². The normalized spacial score (nSPS) is 15.2. The number of fused-ring (bicyclic) bond motifs is 2. The van der Waals surface area contributed by atoms with Gasteiger partial charge >= 0.3 is 5.97 Å². The molecule has 2 aromatic heterocycles. The van der Waals surface area contributed by atoms with E-state index in [0.29, 0.717) is 33.6 Å². The molecule has 0 saturated heterocycles. The Morgan fingerprint density at radius 1 is 1.33 bits per heavy atom. The SMILES string of the molecule is CCC(C)N(CC(=O)O)C(=O)c1sc2nc3n(c(=O)c2c1C)CCCCC3. The third-order valence-corrected chi connectivity index (χ3v) is 6.47. The number of carbonyl (C=O) groups excluding carboxylic acids is 1. The monoisotopic (exact) mass is 391 g/mol. The highest BCUT2D eigenvalue weighted by Crippen LogP contribution is 2.30. The number of hydrogen-bond donors (Lipinski definition) is 1. The molecule has 1 aliphatic heterocycles. The summed E-state index contributed by atoms with van der Waals surface area (Å²) < 4.78 is 1.74. The van der Waals surface area contributed by atoms with E-state index in [1.165, 1.54) is 16.2 Å². The summed E-state index contributed by atoms with van der Waals surface area (Å²) in [5, 5.41) is 9.69. The first-order valence-corrected chi connectivity index (χ1v) is 10.2. The van der Waals surface area contributed by atoms with Gasteiger partial charge in [-0.05, 0) is 38.7 Å². The molecule has 27 heavy (non-hydrogen) atoms. The van der Waals surface area contributed by atoms with Crippen molar-refractivity contribution in [2.24, 2.45) is 0 Å². The Labute approximate surface area is 161 Å². The van der Waals surface area contributed by atoms with Gasteiger partial charge in [0.25, 0.3) is 11.5 Å². The minimum atomic E-state index is -1.05. The zero-order valence-electron chi connectivity index (χ0n) is 15.9. The first kappa shape index (κ1) is 19.5. The minimum Gasteiger partial charge on any atom is -0.480 e. The van der Waals surface area contributed by atoms with E-state index < -0.39 is 5.97 Å². The van der Waals surface area contributed by atoms with Crippen LogP contribution in [0.2, 0.25) is 0 Å².